The Morgan fingerprint density at radius 3 is 2.35 bits per heavy atom. The molecule has 1 aromatic rings. The average Bonchev–Trinajstić information content (AvgIpc) is 2.35. The lowest BCUT2D eigenvalue weighted by atomic mass is 10.1. The van der Waals surface area contributed by atoms with E-state index in [-0.39, 0.29) is 0 Å². The van der Waals surface area contributed by atoms with Crippen LogP contribution in [0.5, 0.6) is 11.5 Å². The lowest BCUT2D eigenvalue weighted by molar-refractivity contribution is 0.0859. The van der Waals surface area contributed by atoms with Crippen LogP contribution < -0.4 is 15.0 Å². The van der Waals surface area contributed by atoms with Crippen molar-refractivity contribution in [2.45, 2.75) is 13.2 Å². The van der Waals surface area contributed by atoms with Gasteiger partial charge < -0.3 is 19.0 Å². The molecule has 1 aromatic carbocycles. The molecule has 0 unspecified atom stereocenters. The fraction of sp³-hybridized carbons (Fsp3) is 0.500. The van der Waals surface area contributed by atoms with E-state index in [4.69, 9.17) is 19.0 Å². The van der Waals surface area contributed by atoms with Gasteiger partial charge in [-0.15, -0.1) is 0 Å². The summed E-state index contributed by atoms with van der Waals surface area (Å²) in [5, 5.41) is 0. The topological polar surface area (TPSA) is 49.0 Å². The Kier molecular flexibility index (Phi) is 5.76. The summed E-state index contributed by atoms with van der Waals surface area (Å²) in [6.07, 6.45) is 0. The number of hydroxylamine groups is 1. The van der Waals surface area contributed by atoms with E-state index in [1.54, 1.807) is 28.4 Å². The van der Waals surface area contributed by atoms with E-state index >= 15 is 0 Å². The number of benzene rings is 1. The second kappa shape index (κ2) is 7.11. The van der Waals surface area contributed by atoms with Gasteiger partial charge >= 0.3 is 0 Å². The van der Waals surface area contributed by atoms with Crippen LogP contribution in [0.15, 0.2) is 12.1 Å². The molecule has 1 N–H and O–H groups in total. The van der Waals surface area contributed by atoms with Crippen LogP contribution in [0.4, 0.5) is 0 Å². The molecule has 0 aliphatic carbocycles. The van der Waals surface area contributed by atoms with Crippen LogP contribution in [0.1, 0.15) is 11.1 Å². The van der Waals surface area contributed by atoms with Gasteiger partial charge in [0.25, 0.3) is 0 Å². The lowest BCUT2D eigenvalue weighted by Gasteiger charge is -2.15. The molecule has 0 atom stereocenters. The smallest absolute Gasteiger partial charge is 0.165 e. The predicted molar refractivity (Wildman–Crippen MR) is 64.1 cm³/mol. The Labute approximate surface area is 102 Å². The SMILES string of the molecule is COCc1cc(CNOC)c(OC)c(OC)c1. The van der Waals surface area contributed by atoms with Gasteiger partial charge in [-0.25, -0.2) is 0 Å². The van der Waals surface area contributed by atoms with E-state index in [1.807, 2.05) is 12.1 Å². The minimum atomic E-state index is 0.528. The molecule has 0 aliphatic heterocycles. The molecule has 0 radical (unpaired) electrons. The highest BCUT2D eigenvalue weighted by Crippen LogP contribution is 2.32. The summed E-state index contributed by atoms with van der Waals surface area (Å²) < 4.78 is 15.7. The van der Waals surface area contributed by atoms with Crippen molar-refractivity contribution in [2.24, 2.45) is 0 Å². The number of hydrogen-bond acceptors (Lipinski definition) is 5. The van der Waals surface area contributed by atoms with Crippen LogP contribution in [-0.2, 0) is 22.7 Å². The Morgan fingerprint density at radius 1 is 1.06 bits per heavy atom. The summed E-state index contributed by atoms with van der Waals surface area (Å²) in [5.41, 5.74) is 4.77. The minimum absolute atomic E-state index is 0.528. The van der Waals surface area contributed by atoms with Gasteiger partial charge in [-0.1, -0.05) is 0 Å². The number of rotatable bonds is 7. The zero-order chi connectivity index (χ0) is 12.7. The summed E-state index contributed by atoms with van der Waals surface area (Å²) in [6.45, 7) is 1.06. The highest BCUT2D eigenvalue weighted by Gasteiger charge is 2.12. The van der Waals surface area contributed by atoms with E-state index < -0.39 is 0 Å². The third kappa shape index (κ3) is 3.59. The van der Waals surface area contributed by atoms with Gasteiger partial charge in [0, 0.05) is 19.2 Å². The van der Waals surface area contributed by atoms with Crippen LogP contribution in [0.2, 0.25) is 0 Å². The van der Waals surface area contributed by atoms with Gasteiger partial charge in [0.15, 0.2) is 11.5 Å². The molecule has 0 amide bonds. The molecular formula is C12H19NO4. The second-order valence-corrected chi connectivity index (χ2v) is 3.45. The first kappa shape index (κ1) is 13.8. The van der Waals surface area contributed by atoms with E-state index in [0.717, 1.165) is 11.1 Å². The first-order chi connectivity index (χ1) is 8.26. The van der Waals surface area contributed by atoms with Crippen LogP contribution in [-0.4, -0.2) is 28.4 Å². The fourth-order valence-corrected chi connectivity index (χ4v) is 1.64. The third-order valence-corrected chi connectivity index (χ3v) is 2.33. The lowest BCUT2D eigenvalue weighted by Crippen LogP contribution is -2.12. The molecule has 0 fully saturated rings. The van der Waals surface area contributed by atoms with E-state index in [2.05, 4.69) is 5.48 Å². The first-order valence-corrected chi connectivity index (χ1v) is 5.25. The van der Waals surface area contributed by atoms with Gasteiger partial charge in [-0.05, 0) is 17.7 Å². The maximum Gasteiger partial charge on any atom is 0.165 e. The molecule has 0 bridgehead atoms. The molecule has 1 rings (SSSR count). The predicted octanol–water partition coefficient (Wildman–Crippen LogP) is 1.50. The fourth-order valence-electron chi connectivity index (χ4n) is 1.64. The molecule has 0 spiro atoms. The van der Waals surface area contributed by atoms with Crippen LogP contribution in [0.25, 0.3) is 0 Å². The first-order valence-electron chi connectivity index (χ1n) is 5.25. The van der Waals surface area contributed by atoms with Crippen molar-refractivity contribution >= 4 is 0 Å². The van der Waals surface area contributed by atoms with Crippen LogP contribution in [0.3, 0.4) is 0 Å². The van der Waals surface area contributed by atoms with Crippen molar-refractivity contribution in [2.75, 3.05) is 28.4 Å². The Morgan fingerprint density at radius 2 is 1.82 bits per heavy atom. The summed E-state index contributed by atoms with van der Waals surface area (Å²) in [5.74, 6) is 1.40. The van der Waals surface area contributed by atoms with Crippen molar-refractivity contribution in [3.05, 3.63) is 23.3 Å². The van der Waals surface area contributed by atoms with Gasteiger partial charge in [-0.3, -0.25) is 0 Å². The molecule has 0 heterocycles. The average molecular weight is 241 g/mol. The number of ether oxygens (including phenoxy) is 3. The minimum Gasteiger partial charge on any atom is -0.493 e. The highest BCUT2D eigenvalue weighted by molar-refractivity contribution is 5.49. The Hall–Kier alpha value is -1.30. The second-order valence-electron chi connectivity index (χ2n) is 3.45. The van der Waals surface area contributed by atoms with Crippen molar-refractivity contribution in [1.29, 1.82) is 0 Å². The molecule has 0 aliphatic rings. The zero-order valence-corrected chi connectivity index (χ0v) is 10.7. The van der Waals surface area contributed by atoms with Gasteiger partial charge in [0.1, 0.15) is 0 Å². The summed E-state index contributed by atoms with van der Waals surface area (Å²) >= 11 is 0. The third-order valence-electron chi connectivity index (χ3n) is 2.33. The molecule has 5 nitrogen and oxygen atoms in total. The largest absolute Gasteiger partial charge is 0.493 e. The molecule has 5 heteroatoms. The van der Waals surface area contributed by atoms with E-state index in [9.17, 15) is 0 Å². The van der Waals surface area contributed by atoms with Gasteiger partial charge in [-0.2, -0.15) is 5.48 Å². The number of hydrogen-bond donors (Lipinski definition) is 1. The Balaban J connectivity index is 3.07. The highest BCUT2D eigenvalue weighted by atomic mass is 16.6. The quantitative estimate of drug-likeness (QED) is 0.733. The number of nitrogens with one attached hydrogen (secondary N) is 1. The molecule has 0 aromatic heterocycles. The van der Waals surface area contributed by atoms with E-state index in [1.165, 1.54) is 0 Å². The molecular weight excluding hydrogens is 222 g/mol. The zero-order valence-electron chi connectivity index (χ0n) is 10.7. The standard InChI is InChI=1S/C12H19NO4/c1-14-8-9-5-10(7-13-17-4)12(16-3)11(6-9)15-2/h5-6,13H,7-8H2,1-4H3. The maximum absolute atomic E-state index is 5.34. The van der Waals surface area contributed by atoms with Crippen molar-refractivity contribution in [3.63, 3.8) is 0 Å². The van der Waals surface area contributed by atoms with Gasteiger partial charge in [0.2, 0.25) is 0 Å². The molecule has 96 valence electrons. The van der Waals surface area contributed by atoms with Gasteiger partial charge in [0.05, 0.1) is 27.9 Å². The molecule has 17 heavy (non-hydrogen) atoms. The number of methoxy groups -OCH3 is 3. The summed E-state index contributed by atoms with van der Waals surface area (Å²) in [7, 11) is 6.46. The summed E-state index contributed by atoms with van der Waals surface area (Å²) in [4.78, 5) is 4.84. The Bertz CT molecular complexity index is 355. The van der Waals surface area contributed by atoms with Crippen LogP contribution in [0, 0.1) is 0 Å². The van der Waals surface area contributed by atoms with Crippen molar-refractivity contribution in [3.8, 4) is 11.5 Å². The van der Waals surface area contributed by atoms with Crippen molar-refractivity contribution < 1.29 is 19.0 Å². The summed E-state index contributed by atoms with van der Waals surface area (Å²) in [6, 6.07) is 3.90. The van der Waals surface area contributed by atoms with Crippen molar-refractivity contribution in [1.82, 2.24) is 5.48 Å². The molecule has 0 saturated carbocycles. The van der Waals surface area contributed by atoms with Crippen LogP contribution >= 0.6 is 0 Å². The van der Waals surface area contributed by atoms with E-state index in [0.29, 0.717) is 24.7 Å². The maximum atomic E-state index is 5.34. The molecule has 0 saturated heterocycles. The normalized spacial score (nSPS) is 10.4. The monoisotopic (exact) mass is 241 g/mol.